The molecule has 1 fully saturated rings. The number of benzene rings is 1. The zero-order valence-electron chi connectivity index (χ0n) is 16.4. The number of aldehydes is 2. The molecule has 1 atom stereocenters. The number of rotatable bonds is 9. The smallest absolute Gasteiger partial charge is 0.150 e. The molecule has 2 aromatic rings. The van der Waals surface area contributed by atoms with E-state index in [1.54, 1.807) is 0 Å². The molecule has 0 bridgehead atoms. The second-order valence-corrected chi connectivity index (χ2v) is 7.35. The molecule has 0 radical (unpaired) electrons. The zero-order chi connectivity index (χ0) is 19.8. The molecule has 1 aromatic heterocycles. The topological polar surface area (TPSA) is 59.5 Å². The van der Waals surface area contributed by atoms with Crippen molar-refractivity contribution in [2.24, 2.45) is 11.8 Å². The van der Waals surface area contributed by atoms with Crippen LogP contribution in [-0.4, -0.2) is 48.8 Å². The van der Waals surface area contributed by atoms with Gasteiger partial charge in [-0.1, -0.05) is 30.3 Å². The summed E-state index contributed by atoms with van der Waals surface area (Å²) in [4.78, 5) is 29.1. The average Bonchev–Trinajstić information content (AvgIpc) is 2.76. The van der Waals surface area contributed by atoms with Gasteiger partial charge in [0, 0.05) is 36.4 Å². The van der Waals surface area contributed by atoms with Crippen molar-refractivity contribution in [3.8, 4) is 11.1 Å². The molecule has 5 heteroatoms. The molecule has 1 aliphatic rings. The lowest BCUT2D eigenvalue weighted by atomic mass is 9.85. The summed E-state index contributed by atoms with van der Waals surface area (Å²) >= 11 is 0. The van der Waals surface area contributed by atoms with Crippen molar-refractivity contribution >= 4 is 12.6 Å². The molecular formula is C23H28N2O3. The third-order valence-corrected chi connectivity index (χ3v) is 5.52. The average molecular weight is 380 g/mol. The predicted octanol–water partition coefficient (Wildman–Crippen LogP) is 3.62. The van der Waals surface area contributed by atoms with Gasteiger partial charge in [-0.25, -0.2) is 0 Å². The minimum absolute atomic E-state index is 0.0186. The number of hydrogen-bond donors (Lipinski definition) is 0. The van der Waals surface area contributed by atoms with Crippen LogP contribution in [0.15, 0.2) is 42.6 Å². The second kappa shape index (κ2) is 10.2. The summed E-state index contributed by atoms with van der Waals surface area (Å²) in [5.74, 6) is 0.440. The minimum atomic E-state index is 0.0186. The number of carbonyl (C=O) groups excluding carboxylic acids is 2. The molecule has 1 saturated heterocycles. The van der Waals surface area contributed by atoms with Crippen molar-refractivity contribution in [2.75, 3.05) is 26.3 Å². The third kappa shape index (κ3) is 5.33. The number of aromatic nitrogens is 1. The minimum Gasteiger partial charge on any atom is -0.381 e. The van der Waals surface area contributed by atoms with Crippen molar-refractivity contribution in [3.63, 3.8) is 0 Å². The van der Waals surface area contributed by atoms with Gasteiger partial charge in [0.1, 0.15) is 12.6 Å². The van der Waals surface area contributed by atoms with Gasteiger partial charge >= 0.3 is 0 Å². The van der Waals surface area contributed by atoms with E-state index in [1.807, 2.05) is 37.4 Å². The van der Waals surface area contributed by atoms with E-state index in [-0.39, 0.29) is 5.92 Å². The lowest BCUT2D eigenvalue weighted by molar-refractivity contribution is -0.115. The summed E-state index contributed by atoms with van der Waals surface area (Å²) < 4.78 is 5.45. The summed E-state index contributed by atoms with van der Waals surface area (Å²) in [5, 5.41) is 0. The normalized spacial score (nSPS) is 16.6. The fraction of sp³-hybridized carbons (Fsp3) is 0.435. The Morgan fingerprint density at radius 3 is 2.39 bits per heavy atom. The molecule has 0 aliphatic carbocycles. The number of ether oxygens (including phenoxy) is 1. The Morgan fingerprint density at radius 2 is 1.82 bits per heavy atom. The predicted molar refractivity (Wildman–Crippen MR) is 109 cm³/mol. The molecule has 0 N–H and O–H groups in total. The van der Waals surface area contributed by atoms with Crippen LogP contribution in [0.1, 0.15) is 35.8 Å². The van der Waals surface area contributed by atoms with Gasteiger partial charge in [-0.2, -0.15) is 0 Å². The van der Waals surface area contributed by atoms with E-state index in [9.17, 15) is 9.59 Å². The van der Waals surface area contributed by atoms with Crippen LogP contribution in [0.4, 0.5) is 0 Å². The Hall–Kier alpha value is -2.37. The zero-order valence-corrected chi connectivity index (χ0v) is 16.4. The molecule has 2 heterocycles. The van der Waals surface area contributed by atoms with Gasteiger partial charge in [-0.15, -0.1) is 0 Å². The molecule has 0 spiro atoms. The van der Waals surface area contributed by atoms with Crippen molar-refractivity contribution in [1.29, 1.82) is 0 Å². The highest BCUT2D eigenvalue weighted by atomic mass is 16.5. The monoisotopic (exact) mass is 380 g/mol. The molecular weight excluding hydrogens is 352 g/mol. The van der Waals surface area contributed by atoms with Crippen LogP contribution >= 0.6 is 0 Å². The molecule has 0 saturated carbocycles. The number of pyridine rings is 1. The highest BCUT2D eigenvalue weighted by Gasteiger charge is 2.26. The van der Waals surface area contributed by atoms with E-state index in [0.29, 0.717) is 24.7 Å². The number of carbonyl (C=O) groups is 2. The van der Waals surface area contributed by atoms with Crippen LogP contribution in [0.3, 0.4) is 0 Å². The molecule has 148 valence electrons. The van der Waals surface area contributed by atoms with Crippen molar-refractivity contribution in [3.05, 3.63) is 53.9 Å². The van der Waals surface area contributed by atoms with E-state index in [2.05, 4.69) is 22.0 Å². The largest absolute Gasteiger partial charge is 0.381 e. The molecule has 5 nitrogen and oxygen atoms in total. The quantitative estimate of drug-likeness (QED) is 0.622. The first kappa shape index (κ1) is 20.4. The summed E-state index contributed by atoms with van der Waals surface area (Å²) in [7, 11) is 0. The van der Waals surface area contributed by atoms with Gasteiger partial charge in [0.25, 0.3) is 0 Å². The summed E-state index contributed by atoms with van der Waals surface area (Å²) in [5.41, 5.74) is 3.83. The Bertz CT molecular complexity index is 750. The molecule has 3 rings (SSSR count). The molecule has 1 unspecified atom stereocenters. The Labute approximate surface area is 166 Å². The van der Waals surface area contributed by atoms with Gasteiger partial charge in [-0.3, -0.25) is 14.7 Å². The first-order chi connectivity index (χ1) is 13.7. The van der Waals surface area contributed by atoms with Crippen molar-refractivity contribution in [2.45, 2.75) is 26.3 Å². The number of hydrogen-bond acceptors (Lipinski definition) is 5. The number of piperidine rings is 1. The summed E-state index contributed by atoms with van der Waals surface area (Å²) in [6, 6.07) is 11.7. The van der Waals surface area contributed by atoms with E-state index in [4.69, 9.17) is 4.74 Å². The maximum absolute atomic E-state index is 11.3. The summed E-state index contributed by atoms with van der Waals surface area (Å²) in [6.45, 7) is 5.96. The lowest BCUT2D eigenvalue weighted by Crippen LogP contribution is -2.37. The maximum Gasteiger partial charge on any atom is 0.150 e. The van der Waals surface area contributed by atoms with Crippen molar-refractivity contribution in [1.82, 2.24) is 9.88 Å². The van der Waals surface area contributed by atoms with Crippen LogP contribution in [0.5, 0.6) is 0 Å². The van der Waals surface area contributed by atoms with Gasteiger partial charge in [0.2, 0.25) is 0 Å². The van der Waals surface area contributed by atoms with Crippen LogP contribution in [0, 0.1) is 11.8 Å². The first-order valence-electron chi connectivity index (χ1n) is 9.99. The highest BCUT2D eigenvalue weighted by molar-refractivity contribution is 5.76. The fourth-order valence-electron chi connectivity index (χ4n) is 3.75. The third-order valence-electron chi connectivity index (χ3n) is 5.52. The van der Waals surface area contributed by atoms with Gasteiger partial charge < -0.3 is 9.53 Å². The highest BCUT2D eigenvalue weighted by Crippen LogP contribution is 2.25. The van der Waals surface area contributed by atoms with Gasteiger partial charge in [-0.05, 0) is 50.4 Å². The van der Waals surface area contributed by atoms with E-state index in [0.717, 1.165) is 61.9 Å². The molecule has 1 aliphatic heterocycles. The van der Waals surface area contributed by atoms with E-state index in [1.165, 1.54) is 0 Å². The molecule has 0 amide bonds. The second-order valence-electron chi connectivity index (χ2n) is 7.35. The Morgan fingerprint density at radius 1 is 1.11 bits per heavy atom. The maximum atomic E-state index is 11.3. The first-order valence-corrected chi connectivity index (χ1v) is 9.99. The fourth-order valence-corrected chi connectivity index (χ4v) is 3.75. The number of nitrogens with zero attached hydrogens (tertiary/aromatic N) is 2. The summed E-state index contributed by atoms with van der Waals surface area (Å²) in [6.07, 6.45) is 5.86. The van der Waals surface area contributed by atoms with Crippen LogP contribution in [-0.2, 0) is 16.1 Å². The van der Waals surface area contributed by atoms with Crippen LogP contribution in [0.25, 0.3) is 11.1 Å². The van der Waals surface area contributed by atoms with E-state index >= 15 is 0 Å². The standard InChI is InChI=1S/C23H28N2O3/c1-2-28-17-22(16-27)20-9-11-25(12-10-20)14-23-8-7-21(13-24-23)19-5-3-18(15-26)4-6-19/h3-8,13,15-16,20,22H,2,9-12,14,17H2,1H3. The van der Waals surface area contributed by atoms with Crippen molar-refractivity contribution < 1.29 is 14.3 Å². The Balaban J connectivity index is 1.52. The van der Waals surface area contributed by atoms with Crippen LogP contribution < -0.4 is 0 Å². The SMILES string of the molecule is CCOCC(C=O)C1CCN(Cc2ccc(-c3ccc(C=O)cc3)cn2)CC1. The lowest BCUT2D eigenvalue weighted by Gasteiger charge is -2.34. The number of likely N-dealkylation sites (tertiary alicyclic amines) is 1. The van der Waals surface area contributed by atoms with Crippen LogP contribution in [0.2, 0.25) is 0 Å². The Kier molecular flexibility index (Phi) is 7.46. The van der Waals surface area contributed by atoms with E-state index < -0.39 is 0 Å². The molecule has 28 heavy (non-hydrogen) atoms. The van der Waals surface area contributed by atoms with Gasteiger partial charge in [0.05, 0.1) is 12.3 Å². The molecule has 1 aromatic carbocycles. The van der Waals surface area contributed by atoms with Gasteiger partial charge in [0.15, 0.2) is 0 Å².